The fourth-order valence-electron chi connectivity index (χ4n) is 1.84. The molecular formula is C15H20. The van der Waals surface area contributed by atoms with Crippen molar-refractivity contribution in [2.24, 2.45) is 0 Å². The Hall–Kier alpha value is -1.30. The zero-order valence-electron chi connectivity index (χ0n) is 9.63. The van der Waals surface area contributed by atoms with Crippen LogP contribution >= 0.6 is 0 Å². The van der Waals surface area contributed by atoms with E-state index in [9.17, 15) is 0 Å². The maximum Gasteiger partial charge on any atom is -0.0158 e. The average molecular weight is 200 g/mol. The summed E-state index contributed by atoms with van der Waals surface area (Å²) in [4.78, 5) is 0. The van der Waals surface area contributed by atoms with Crippen LogP contribution < -0.4 is 0 Å². The molecule has 0 spiro atoms. The van der Waals surface area contributed by atoms with Gasteiger partial charge in [0.05, 0.1) is 0 Å². The van der Waals surface area contributed by atoms with Crippen molar-refractivity contribution in [1.82, 2.24) is 0 Å². The number of hydrogen-bond donors (Lipinski definition) is 0. The molecule has 0 aromatic heterocycles. The summed E-state index contributed by atoms with van der Waals surface area (Å²) in [6, 6.07) is 6.39. The van der Waals surface area contributed by atoms with E-state index in [0.29, 0.717) is 0 Å². The number of aryl methyl sites for hydroxylation is 1. The van der Waals surface area contributed by atoms with Crippen LogP contribution in [0.25, 0.3) is 12.2 Å². The summed E-state index contributed by atoms with van der Waals surface area (Å²) in [6.45, 7) is 9.94. The second kappa shape index (κ2) is 6.23. The van der Waals surface area contributed by atoms with E-state index in [4.69, 9.17) is 0 Å². The predicted molar refractivity (Wildman–Crippen MR) is 69.9 cm³/mol. The van der Waals surface area contributed by atoms with Crippen LogP contribution in [0.3, 0.4) is 0 Å². The zero-order chi connectivity index (χ0) is 11.1. The highest BCUT2D eigenvalue weighted by molar-refractivity contribution is 5.66. The highest BCUT2D eigenvalue weighted by Crippen LogP contribution is 2.19. The fraction of sp³-hybridized carbons (Fsp3) is 0.333. The predicted octanol–water partition coefficient (Wildman–Crippen LogP) is 4.71. The van der Waals surface area contributed by atoms with Gasteiger partial charge in [-0.3, -0.25) is 0 Å². The van der Waals surface area contributed by atoms with Gasteiger partial charge in [0, 0.05) is 0 Å². The van der Waals surface area contributed by atoms with Gasteiger partial charge in [-0.15, -0.1) is 0 Å². The van der Waals surface area contributed by atoms with Crippen LogP contribution in [-0.2, 0) is 6.42 Å². The lowest BCUT2D eigenvalue weighted by Gasteiger charge is -2.08. The molecule has 0 heterocycles. The molecule has 15 heavy (non-hydrogen) atoms. The molecule has 0 radical (unpaired) electrons. The molecule has 0 atom stereocenters. The molecule has 80 valence electrons. The summed E-state index contributed by atoms with van der Waals surface area (Å²) in [5.41, 5.74) is 3.85. The van der Waals surface area contributed by atoms with Gasteiger partial charge in [0.1, 0.15) is 0 Å². The van der Waals surface area contributed by atoms with E-state index in [-0.39, 0.29) is 0 Å². The molecule has 1 rings (SSSR count). The van der Waals surface area contributed by atoms with Gasteiger partial charge in [-0.05, 0) is 29.5 Å². The summed E-state index contributed by atoms with van der Waals surface area (Å²) in [5, 5.41) is 0. The van der Waals surface area contributed by atoms with Crippen molar-refractivity contribution in [2.45, 2.75) is 32.6 Å². The largest absolute Gasteiger partial charge is 0.0984 e. The molecule has 0 aliphatic carbocycles. The lowest BCUT2D eigenvalue weighted by molar-refractivity contribution is 0.717. The first kappa shape index (κ1) is 11.8. The number of unbranched alkanes of at least 4 members (excludes halogenated alkanes) is 2. The van der Waals surface area contributed by atoms with Crippen molar-refractivity contribution >= 4 is 12.2 Å². The molecule has 1 aromatic carbocycles. The van der Waals surface area contributed by atoms with E-state index < -0.39 is 0 Å². The normalized spacial score (nSPS) is 9.93. The minimum Gasteiger partial charge on any atom is -0.0984 e. The molecule has 0 aliphatic heterocycles. The molecule has 0 fully saturated rings. The minimum absolute atomic E-state index is 1.15. The fourth-order valence-corrected chi connectivity index (χ4v) is 1.84. The topological polar surface area (TPSA) is 0 Å². The van der Waals surface area contributed by atoms with Crippen molar-refractivity contribution in [3.8, 4) is 0 Å². The Kier molecular flexibility index (Phi) is 4.89. The van der Waals surface area contributed by atoms with E-state index >= 15 is 0 Å². The first-order valence-corrected chi connectivity index (χ1v) is 5.70. The van der Waals surface area contributed by atoms with Gasteiger partial charge in [0.15, 0.2) is 0 Å². The Morgan fingerprint density at radius 2 is 1.93 bits per heavy atom. The van der Waals surface area contributed by atoms with Gasteiger partial charge in [-0.1, -0.05) is 63.3 Å². The Balaban J connectivity index is 2.86. The molecule has 0 unspecified atom stereocenters. The molecular weight excluding hydrogens is 180 g/mol. The molecule has 1 aromatic rings. The Bertz CT molecular complexity index is 334. The summed E-state index contributed by atoms with van der Waals surface area (Å²) in [6.07, 6.45) is 8.83. The minimum atomic E-state index is 1.15. The van der Waals surface area contributed by atoms with Crippen LogP contribution in [0, 0.1) is 0 Å². The Labute approximate surface area is 93.3 Å². The molecule has 0 nitrogen and oxygen atoms in total. The SMILES string of the molecule is C=Cc1cccc(CCCCC)c1C=C. The van der Waals surface area contributed by atoms with Gasteiger partial charge < -0.3 is 0 Å². The van der Waals surface area contributed by atoms with E-state index in [0.717, 1.165) is 6.42 Å². The van der Waals surface area contributed by atoms with Crippen LogP contribution in [0.2, 0.25) is 0 Å². The van der Waals surface area contributed by atoms with E-state index in [1.165, 1.54) is 36.0 Å². The number of hydrogen-bond acceptors (Lipinski definition) is 0. The van der Waals surface area contributed by atoms with Gasteiger partial charge >= 0.3 is 0 Å². The Morgan fingerprint density at radius 1 is 1.13 bits per heavy atom. The van der Waals surface area contributed by atoms with Crippen LogP contribution in [0.4, 0.5) is 0 Å². The van der Waals surface area contributed by atoms with Crippen LogP contribution in [-0.4, -0.2) is 0 Å². The number of benzene rings is 1. The quantitative estimate of drug-likeness (QED) is 0.584. The lowest BCUT2D eigenvalue weighted by Crippen LogP contribution is -1.92. The summed E-state index contributed by atoms with van der Waals surface area (Å²) in [5.74, 6) is 0. The third kappa shape index (κ3) is 3.09. The van der Waals surface area contributed by atoms with E-state index in [1.807, 2.05) is 12.2 Å². The van der Waals surface area contributed by atoms with E-state index in [2.05, 4.69) is 38.3 Å². The second-order valence-corrected chi connectivity index (χ2v) is 3.79. The smallest absolute Gasteiger partial charge is 0.0158 e. The first-order valence-electron chi connectivity index (χ1n) is 5.70. The van der Waals surface area contributed by atoms with Gasteiger partial charge in [-0.2, -0.15) is 0 Å². The summed E-state index contributed by atoms with van der Waals surface area (Å²) in [7, 11) is 0. The highest BCUT2D eigenvalue weighted by Gasteiger charge is 2.02. The Morgan fingerprint density at radius 3 is 2.53 bits per heavy atom. The summed E-state index contributed by atoms with van der Waals surface area (Å²) >= 11 is 0. The third-order valence-electron chi connectivity index (χ3n) is 2.70. The summed E-state index contributed by atoms with van der Waals surface area (Å²) < 4.78 is 0. The maximum atomic E-state index is 3.88. The zero-order valence-corrected chi connectivity index (χ0v) is 9.63. The molecule has 0 heteroatoms. The van der Waals surface area contributed by atoms with Crippen molar-refractivity contribution in [1.29, 1.82) is 0 Å². The van der Waals surface area contributed by atoms with Gasteiger partial charge in [-0.25, -0.2) is 0 Å². The molecule has 0 saturated carbocycles. The third-order valence-corrected chi connectivity index (χ3v) is 2.70. The van der Waals surface area contributed by atoms with Crippen molar-refractivity contribution in [2.75, 3.05) is 0 Å². The standard InChI is InChI=1S/C15H20/c1-4-7-8-10-14-12-9-11-13(5-2)15(14)6-3/h5-6,9,11-12H,2-4,7-8,10H2,1H3. The van der Waals surface area contributed by atoms with Crippen LogP contribution in [0.1, 0.15) is 42.9 Å². The number of rotatable bonds is 6. The van der Waals surface area contributed by atoms with Crippen molar-refractivity contribution in [3.05, 3.63) is 48.0 Å². The molecule has 0 saturated heterocycles. The highest BCUT2D eigenvalue weighted by atomic mass is 14.1. The van der Waals surface area contributed by atoms with Gasteiger partial charge in [0.2, 0.25) is 0 Å². The monoisotopic (exact) mass is 200 g/mol. The maximum absolute atomic E-state index is 3.88. The first-order chi connectivity index (χ1) is 7.33. The van der Waals surface area contributed by atoms with Crippen molar-refractivity contribution < 1.29 is 0 Å². The molecule has 0 aliphatic rings. The van der Waals surface area contributed by atoms with Crippen LogP contribution in [0.15, 0.2) is 31.4 Å². The second-order valence-electron chi connectivity index (χ2n) is 3.79. The van der Waals surface area contributed by atoms with Crippen LogP contribution in [0.5, 0.6) is 0 Å². The molecule has 0 N–H and O–H groups in total. The molecule has 0 bridgehead atoms. The van der Waals surface area contributed by atoms with E-state index in [1.54, 1.807) is 0 Å². The van der Waals surface area contributed by atoms with Gasteiger partial charge in [0.25, 0.3) is 0 Å². The van der Waals surface area contributed by atoms with Crippen molar-refractivity contribution in [3.63, 3.8) is 0 Å². The lowest BCUT2D eigenvalue weighted by atomic mass is 9.97. The average Bonchev–Trinajstić information content (AvgIpc) is 2.29. The molecule has 0 amide bonds.